The molecule has 1 aliphatic rings. The van der Waals surface area contributed by atoms with Gasteiger partial charge in [0.2, 0.25) is 5.91 Å². The lowest BCUT2D eigenvalue weighted by Gasteiger charge is -2.22. The van der Waals surface area contributed by atoms with Crippen LogP contribution in [0, 0.1) is 6.92 Å². The summed E-state index contributed by atoms with van der Waals surface area (Å²) in [6, 6.07) is 8.97. The number of hydrogen-bond donors (Lipinski definition) is 1. The Kier molecular flexibility index (Phi) is 6.70. The highest BCUT2D eigenvalue weighted by atomic mass is 35.5. The zero-order chi connectivity index (χ0) is 20.1. The van der Waals surface area contributed by atoms with Gasteiger partial charge in [0.15, 0.2) is 0 Å². The normalized spacial score (nSPS) is 19.5. The smallest absolute Gasteiger partial charge is 0.323 e. The summed E-state index contributed by atoms with van der Waals surface area (Å²) in [6.45, 7) is 3.59. The first-order chi connectivity index (χ1) is 13.4. The number of aromatic nitrogens is 2. The van der Waals surface area contributed by atoms with E-state index in [9.17, 15) is 9.59 Å². The van der Waals surface area contributed by atoms with Crippen LogP contribution >= 0.6 is 11.6 Å². The van der Waals surface area contributed by atoms with Crippen LogP contribution in [0.1, 0.15) is 24.1 Å². The summed E-state index contributed by atoms with van der Waals surface area (Å²) in [4.78, 5) is 26.6. The number of carbonyl (C=O) groups is 2. The van der Waals surface area contributed by atoms with E-state index in [1.54, 1.807) is 4.68 Å². The maximum atomic E-state index is 12.3. The summed E-state index contributed by atoms with van der Waals surface area (Å²) in [7, 11) is 1.39. The molecule has 2 atom stereocenters. The number of rotatable bonds is 7. The number of methoxy groups -OCH3 is 1. The van der Waals surface area contributed by atoms with Crippen LogP contribution in [-0.4, -0.2) is 52.3 Å². The van der Waals surface area contributed by atoms with Crippen molar-refractivity contribution in [3.05, 3.63) is 52.8 Å². The van der Waals surface area contributed by atoms with E-state index in [4.69, 9.17) is 16.3 Å². The highest BCUT2D eigenvalue weighted by Crippen LogP contribution is 2.23. The molecule has 0 bridgehead atoms. The van der Waals surface area contributed by atoms with E-state index in [2.05, 4.69) is 10.4 Å². The predicted molar refractivity (Wildman–Crippen MR) is 106 cm³/mol. The van der Waals surface area contributed by atoms with Gasteiger partial charge >= 0.3 is 5.97 Å². The fraction of sp³-hybridized carbons (Fsp3) is 0.450. The van der Waals surface area contributed by atoms with Crippen LogP contribution in [0.4, 0.5) is 0 Å². The number of amides is 1. The van der Waals surface area contributed by atoms with E-state index in [1.165, 1.54) is 7.11 Å². The number of likely N-dealkylation sites (tertiary alicyclic amines) is 1. The molecule has 1 saturated heterocycles. The van der Waals surface area contributed by atoms with E-state index < -0.39 is 0 Å². The molecule has 2 aromatic rings. The van der Waals surface area contributed by atoms with E-state index >= 15 is 0 Å². The van der Waals surface area contributed by atoms with Gasteiger partial charge in [0.1, 0.15) is 6.04 Å². The summed E-state index contributed by atoms with van der Waals surface area (Å²) in [6.07, 6.45) is 2.73. The maximum Gasteiger partial charge on any atom is 0.323 e. The monoisotopic (exact) mass is 404 g/mol. The van der Waals surface area contributed by atoms with Gasteiger partial charge in [0.05, 0.1) is 12.8 Å². The Hall–Kier alpha value is -2.38. The molecule has 1 aromatic carbocycles. The topological polar surface area (TPSA) is 76.5 Å². The summed E-state index contributed by atoms with van der Waals surface area (Å²) in [5.41, 5.74) is 1.94. The van der Waals surface area contributed by atoms with Crippen LogP contribution in [0.25, 0.3) is 0 Å². The van der Waals surface area contributed by atoms with Crippen LogP contribution in [0.3, 0.4) is 0 Å². The predicted octanol–water partition coefficient (Wildman–Crippen LogP) is 2.17. The Labute approximate surface area is 169 Å². The molecule has 1 N–H and O–H groups in total. The fourth-order valence-electron chi connectivity index (χ4n) is 3.54. The lowest BCUT2D eigenvalue weighted by molar-refractivity contribution is -0.146. The number of nitrogens with zero attached hydrogens (tertiary/aromatic N) is 3. The van der Waals surface area contributed by atoms with E-state index in [0.29, 0.717) is 37.5 Å². The van der Waals surface area contributed by atoms with Crippen molar-refractivity contribution in [2.75, 3.05) is 13.7 Å². The number of esters is 1. The van der Waals surface area contributed by atoms with E-state index in [-0.39, 0.29) is 24.0 Å². The Morgan fingerprint density at radius 3 is 2.86 bits per heavy atom. The van der Waals surface area contributed by atoms with Gasteiger partial charge in [-0.1, -0.05) is 23.7 Å². The molecule has 2 heterocycles. The highest BCUT2D eigenvalue weighted by molar-refractivity contribution is 6.30. The van der Waals surface area contributed by atoms with Gasteiger partial charge in [-0.3, -0.25) is 19.2 Å². The van der Waals surface area contributed by atoms with E-state index in [0.717, 1.165) is 11.3 Å². The van der Waals surface area contributed by atoms with Gasteiger partial charge in [-0.25, -0.2) is 0 Å². The number of halogens is 1. The Morgan fingerprint density at radius 2 is 2.18 bits per heavy atom. The molecule has 0 unspecified atom stereocenters. The summed E-state index contributed by atoms with van der Waals surface area (Å²) < 4.78 is 6.71. The first kappa shape index (κ1) is 20.4. The number of carbonyl (C=O) groups excluding carboxylic acids is 2. The molecule has 1 aliphatic heterocycles. The molecule has 3 rings (SSSR count). The molecular formula is C20H25ClN4O3. The third-order valence-corrected chi connectivity index (χ3v) is 5.09. The third-order valence-electron chi connectivity index (χ3n) is 4.86. The van der Waals surface area contributed by atoms with Crippen LogP contribution in [0.2, 0.25) is 5.02 Å². The molecular weight excluding hydrogens is 380 g/mol. The lowest BCUT2D eigenvalue weighted by Crippen LogP contribution is -2.38. The molecule has 28 heavy (non-hydrogen) atoms. The first-order valence-corrected chi connectivity index (χ1v) is 9.68. The second-order valence-electron chi connectivity index (χ2n) is 7.07. The van der Waals surface area contributed by atoms with E-state index in [1.807, 2.05) is 48.4 Å². The molecule has 1 fully saturated rings. The summed E-state index contributed by atoms with van der Waals surface area (Å²) in [5, 5.41) is 7.98. The van der Waals surface area contributed by atoms with Crippen LogP contribution in [0.5, 0.6) is 0 Å². The SMILES string of the molecule is COC(=O)[C@@H]1C[C@@H](NC(=O)CCn2ccc(C)n2)CN1Cc1cccc(Cl)c1. The van der Waals surface area contributed by atoms with Crippen molar-refractivity contribution in [2.45, 2.75) is 44.9 Å². The van der Waals surface area contributed by atoms with Crippen LogP contribution < -0.4 is 5.32 Å². The Morgan fingerprint density at radius 1 is 1.36 bits per heavy atom. The minimum Gasteiger partial charge on any atom is -0.468 e. The zero-order valence-corrected chi connectivity index (χ0v) is 16.9. The average Bonchev–Trinajstić information content (AvgIpc) is 3.25. The number of ether oxygens (including phenoxy) is 1. The minimum atomic E-state index is -0.386. The Bertz CT molecular complexity index is 838. The van der Waals surface area contributed by atoms with Crippen molar-refractivity contribution in [2.24, 2.45) is 0 Å². The molecule has 0 spiro atoms. The van der Waals surface area contributed by atoms with Gasteiger partial charge in [-0.05, 0) is 37.1 Å². The molecule has 0 radical (unpaired) electrons. The second-order valence-corrected chi connectivity index (χ2v) is 7.51. The lowest BCUT2D eigenvalue weighted by atomic mass is 10.1. The largest absolute Gasteiger partial charge is 0.468 e. The molecule has 150 valence electrons. The molecule has 7 nitrogen and oxygen atoms in total. The number of aryl methyl sites for hydroxylation is 2. The van der Waals surface area contributed by atoms with Crippen molar-refractivity contribution >= 4 is 23.5 Å². The third kappa shape index (κ3) is 5.33. The van der Waals surface area contributed by atoms with Gasteiger partial charge < -0.3 is 10.1 Å². The molecule has 0 saturated carbocycles. The average molecular weight is 405 g/mol. The summed E-state index contributed by atoms with van der Waals surface area (Å²) >= 11 is 6.07. The Balaban J connectivity index is 1.58. The minimum absolute atomic E-state index is 0.0497. The molecule has 1 amide bonds. The van der Waals surface area contributed by atoms with Gasteiger partial charge in [0.25, 0.3) is 0 Å². The van der Waals surface area contributed by atoms with Gasteiger partial charge in [-0.2, -0.15) is 5.10 Å². The van der Waals surface area contributed by atoms with Crippen molar-refractivity contribution in [3.8, 4) is 0 Å². The van der Waals surface area contributed by atoms with Crippen molar-refractivity contribution in [3.63, 3.8) is 0 Å². The number of nitrogens with one attached hydrogen (secondary N) is 1. The first-order valence-electron chi connectivity index (χ1n) is 9.30. The fourth-order valence-corrected chi connectivity index (χ4v) is 3.75. The quantitative estimate of drug-likeness (QED) is 0.716. The second kappa shape index (κ2) is 9.21. The van der Waals surface area contributed by atoms with Gasteiger partial charge in [0, 0.05) is 43.3 Å². The standard InChI is InChI=1S/C20H25ClN4O3/c1-14-6-8-25(23-14)9-7-19(26)22-17-11-18(20(27)28-2)24(13-17)12-15-4-3-5-16(21)10-15/h3-6,8,10,17-18H,7,9,11-13H2,1-2H3,(H,22,26)/t17-,18+/m1/s1. The number of benzene rings is 1. The highest BCUT2D eigenvalue weighted by Gasteiger charge is 2.38. The van der Waals surface area contributed by atoms with Crippen molar-refractivity contribution in [1.29, 1.82) is 0 Å². The maximum absolute atomic E-state index is 12.3. The summed E-state index contributed by atoms with van der Waals surface area (Å²) in [5.74, 6) is -0.336. The van der Waals surface area contributed by atoms with Crippen molar-refractivity contribution in [1.82, 2.24) is 20.0 Å². The van der Waals surface area contributed by atoms with Gasteiger partial charge in [-0.15, -0.1) is 0 Å². The van der Waals surface area contributed by atoms with Crippen LogP contribution in [0.15, 0.2) is 36.5 Å². The zero-order valence-electron chi connectivity index (χ0n) is 16.1. The number of hydrogen-bond acceptors (Lipinski definition) is 5. The van der Waals surface area contributed by atoms with Crippen molar-refractivity contribution < 1.29 is 14.3 Å². The molecule has 1 aromatic heterocycles. The molecule has 0 aliphatic carbocycles. The van der Waals surface area contributed by atoms with Crippen LogP contribution in [-0.2, 0) is 27.4 Å². The molecule has 8 heteroatoms.